The molecular formula is C17H19N3O2. The summed E-state index contributed by atoms with van der Waals surface area (Å²) in [5.74, 6) is -0.789. The number of rotatable bonds is 3. The third kappa shape index (κ3) is 4.36. The van der Waals surface area contributed by atoms with Gasteiger partial charge in [0.1, 0.15) is 17.7 Å². The summed E-state index contributed by atoms with van der Waals surface area (Å²) in [6, 6.07) is 10.8. The predicted octanol–water partition coefficient (Wildman–Crippen LogP) is 2.90. The van der Waals surface area contributed by atoms with Gasteiger partial charge in [-0.1, -0.05) is 12.1 Å². The van der Waals surface area contributed by atoms with Crippen molar-refractivity contribution >= 4 is 17.2 Å². The van der Waals surface area contributed by atoms with Gasteiger partial charge in [0.2, 0.25) is 0 Å². The summed E-state index contributed by atoms with van der Waals surface area (Å²) in [6.45, 7) is 5.12. The van der Waals surface area contributed by atoms with Crippen LogP contribution in [0.15, 0.2) is 29.8 Å². The van der Waals surface area contributed by atoms with E-state index in [1.54, 1.807) is 39.0 Å². The molecule has 0 saturated heterocycles. The number of carbonyl (C=O) groups excluding carboxylic acids is 1. The van der Waals surface area contributed by atoms with Crippen LogP contribution < -0.4 is 4.90 Å². The first-order chi connectivity index (χ1) is 10.2. The van der Waals surface area contributed by atoms with Crippen LogP contribution in [0.1, 0.15) is 26.3 Å². The Hall–Kier alpha value is -2.79. The van der Waals surface area contributed by atoms with Crippen LogP contribution in [-0.2, 0) is 9.53 Å². The minimum absolute atomic E-state index is 0.0158. The van der Waals surface area contributed by atoms with Gasteiger partial charge in [0.05, 0.1) is 5.57 Å². The number of esters is 1. The smallest absolute Gasteiger partial charge is 0.350 e. The standard InChI is InChI=1S/C17H19N3O2/c1-17(2,3)22-16(21)15(11-19)14(10-18)12-6-8-13(9-7-12)20(4)5/h6-9H,1-5H3/b15-14-. The van der Waals surface area contributed by atoms with Gasteiger partial charge in [0.25, 0.3) is 0 Å². The fraction of sp³-hybridized carbons (Fsp3) is 0.353. The fourth-order valence-corrected chi connectivity index (χ4v) is 1.72. The summed E-state index contributed by atoms with van der Waals surface area (Å²) in [5, 5.41) is 18.6. The lowest BCUT2D eigenvalue weighted by Gasteiger charge is -2.19. The van der Waals surface area contributed by atoms with E-state index in [2.05, 4.69) is 0 Å². The van der Waals surface area contributed by atoms with Crippen molar-refractivity contribution in [3.05, 3.63) is 35.4 Å². The fourth-order valence-electron chi connectivity index (χ4n) is 1.72. The van der Waals surface area contributed by atoms with Crippen LogP contribution in [0.5, 0.6) is 0 Å². The number of ether oxygens (including phenoxy) is 1. The van der Waals surface area contributed by atoms with Crippen molar-refractivity contribution in [1.82, 2.24) is 0 Å². The molecule has 0 atom stereocenters. The highest BCUT2D eigenvalue weighted by atomic mass is 16.6. The van der Waals surface area contributed by atoms with E-state index >= 15 is 0 Å². The van der Waals surface area contributed by atoms with Crippen molar-refractivity contribution in [2.24, 2.45) is 0 Å². The van der Waals surface area contributed by atoms with Crippen LogP contribution in [0.3, 0.4) is 0 Å². The lowest BCUT2D eigenvalue weighted by Crippen LogP contribution is -2.25. The molecule has 5 nitrogen and oxygen atoms in total. The van der Waals surface area contributed by atoms with Gasteiger partial charge in [-0.15, -0.1) is 0 Å². The maximum absolute atomic E-state index is 12.1. The zero-order valence-electron chi connectivity index (χ0n) is 13.5. The zero-order valence-corrected chi connectivity index (χ0v) is 13.5. The van der Waals surface area contributed by atoms with Crippen LogP contribution in [-0.4, -0.2) is 25.7 Å². The number of hydrogen-bond acceptors (Lipinski definition) is 5. The molecule has 0 spiro atoms. The first-order valence-corrected chi connectivity index (χ1v) is 6.75. The molecule has 0 saturated carbocycles. The normalized spacial score (nSPS) is 11.8. The molecule has 0 bridgehead atoms. The van der Waals surface area contributed by atoms with E-state index in [-0.39, 0.29) is 11.1 Å². The van der Waals surface area contributed by atoms with Gasteiger partial charge in [-0.3, -0.25) is 0 Å². The Morgan fingerprint density at radius 1 is 1.09 bits per heavy atom. The Morgan fingerprint density at radius 2 is 1.64 bits per heavy atom. The predicted molar refractivity (Wildman–Crippen MR) is 84.8 cm³/mol. The molecule has 1 rings (SSSR count). The molecule has 114 valence electrons. The van der Waals surface area contributed by atoms with E-state index in [0.717, 1.165) is 5.69 Å². The van der Waals surface area contributed by atoms with Gasteiger partial charge in [0, 0.05) is 19.8 Å². The number of hydrogen-bond donors (Lipinski definition) is 0. The molecule has 0 aliphatic carbocycles. The molecule has 0 fully saturated rings. The van der Waals surface area contributed by atoms with E-state index in [9.17, 15) is 15.3 Å². The number of benzene rings is 1. The second-order valence-corrected chi connectivity index (χ2v) is 5.92. The van der Waals surface area contributed by atoms with E-state index in [1.807, 2.05) is 37.2 Å². The van der Waals surface area contributed by atoms with Crippen LogP contribution in [0.4, 0.5) is 5.69 Å². The Morgan fingerprint density at radius 3 is 2.00 bits per heavy atom. The number of allylic oxidation sites excluding steroid dienone is 1. The minimum Gasteiger partial charge on any atom is -0.456 e. The number of anilines is 1. The molecule has 0 aliphatic heterocycles. The van der Waals surface area contributed by atoms with Crippen LogP contribution >= 0.6 is 0 Å². The second kappa shape index (κ2) is 6.78. The van der Waals surface area contributed by atoms with Gasteiger partial charge in [-0.25, -0.2) is 4.79 Å². The minimum atomic E-state index is -0.789. The average molecular weight is 297 g/mol. The highest BCUT2D eigenvalue weighted by Gasteiger charge is 2.23. The van der Waals surface area contributed by atoms with E-state index in [0.29, 0.717) is 5.56 Å². The molecule has 0 heterocycles. The quantitative estimate of drug-likeness (QED) is 0.487. The summed E-state index contributed by atoms with van der Waals surface area (Å²) in [4.78, 5) is 14.0. The highest BCUT2D eigenvalue weighted by molar-refractivity contribution is 6.04. The summed E-state index contributed by atoms with van der Waals surface area (Å²) in [7, 11) is 3.80. The van der Waals surface area contributed by atoms with Crippen molar-refractivity contribution in [3.8, 4) is 12.1 Å². The SMILES string of the molecule is CN(C)c1ccc(/C(C#N)=C(/C#N)C(=O)OC(C)(C)C)cc1. The lowest BCUT2D eigenvalue weighted by molar-refractivity contribution is -0.149. The van der Waals surface area contributed by atoms with Crippen LogP contribution in [0, 0.1) is 22.7 Å². The summed E-state index contributed by atoms with van der Waals surface area (Å²) < 4.78 is 5.18. The first-order valence-electron chi connectivity index (χ1n) is 6.75. The Labute approximate surface area is 131 Å². The third-order valence-electron chi connectivity index (χ3n) is 2.75. The maximum atomic E-state index is 12.1. The monoisotopic (exact) mass is 297 g/mol. The second-order valence-electron chi connectivity index (χ2n) is 5.92. The van der Waals surface area contributed by atoms with Gasteiger partial charge < -0.3 is 9.64 Å². The summed E-state index contributed by atoms with van der Waals surface area (Å²) >= 11 is 0. The Kier molecular flexibility index (Phi) is 5.32. The van der Waals surface area contributed by atoms with E-state index < -0.39 is 11.6 Å². The maximum Gasteiger partial charge on any atom is 0.350 e. The first kappa shape index (κ1) is 17.3. The molecule has 0 aromatic heterocycles. The molecule has 0 unspecified atom stereocenters. The van der Waals surface area contributed by atoms with Gasteiger partial charge >= 0.3 is 5.97 Å². The molecule has 0 radical (unpaired) electrons. The van der Waals surface area contributed by atoms with E-state index in [1.165, 1.54) is 0 Å². The molecule has 1 aromatic carbocycles. The lowest BCUT2D eigenvalue weighted by atomic mass is 10.0. The molecule has 0 N–H and O–H groups in total. The number of nitrogens with zero attached hydrogens (tertiary/aromatic N) is 3. The van der Waals surface area contributed by atoms with Crippen LogP contribution in [0.2, 0.25) is 0 Å². The van der Waals surface area contributed by atoms with Gasteiger partial charge in [0.15, 0.2) is 5.57 Å². The molecule has 22 heavy (non-hydrogen) atoms. The zero-order chi connectivity index (χ0) is 16.9. The topological polar surface area (TPSA) is 77.1 Å². The molecule has 0 amide bonds. The third-order valence-corrected chi connectivity index (χ3v) is 2.75. The van der Waals surface area contributed by atoms with Crippen molar-refractivity contribution in [2.75, 3.05) is 19.0 Å². The Bertz CT molecular complexity index is 666. The van der Waals surface area contributed by atoms with Gasteiger partial charge in [-0.2, -0.15) is 10.5 Å². The molecule has 0 aliphatic rings. The van der Waals surface area contributed by atoms with Crippen molar-refractivity contribution in [3.63, 3.8) is 0 Å². The highest BCUT2D eigenvalue weighted by Crippen LogP contribution is 2.23. The molecule has 1 aromatic rings. The summed E-state index contributed by atoms with van der Waals surface area (Å²) in [5.41, 5.74) is 0.471. The van der Waals surface area contributed by atoms with Crippen molar-refractivity contribution in [1.29, 1.82) is 10.5 Å². The number of nitriles is 2. The van der Waals surface area contributed by atoms with E-state index in [4.69, 9.17) is 4.74 Å². The van der Waals surface area contributed by atoms with Crippen molar-refractivity contribution < 1.29 is 9.53 Å². The van der Waals surface area contributed by atoms with Gasteiger partial charge in [-0.05, 0) is 38.5 Å². The largest absolute Gasteiger partial charge is 0.456 e. The molecule has 5 heteroatoms. The van der Waals surface area contributed by atoms with Crippen molar-refractivity contribution in [2.45, 2.75) is 26.4 Å². The molecular weight excluding hydrogens is 278 g/mol. The number of carbonyl (C=O) groups is 1. The Balaban J connectivity index is 3.28. The summed E-state index contributed by atoms with van der Waals surface area (Å²) in [6.07, 6.45) is 0. The average Bonchev–Trinajstić information content (AvgIpc) is 2.42. The van der Waals surface area contributed by atoms with Crippen LogP contribution in [0.25, 0.3) is 5.57 Å².